The minimum absolute atomic E-state index is 0.625. The van der Waals surface area contributed by atoms with Crippen LogP contribution in [0.3, 0.4) is 0 Å². The zero-order chi connectivity index (χ0) is 14.7. The molecule has 0 saturated heterocycles. The van der Waals surface area contributed by atoms with Crippen molar-refractivity contribution in [3.63, 3.8) is 0 Å². The third-order valence-corrected chi connectivity index (χ3v) is 4.38. The van der Waals surface area contributed by atoms with Gasteiger partial charge in [0.2, 0.25) is 0 Å². The minimum Gasteiger partial charge on any atom is -0.337 e. The van der Waals surface area contributed by atoms with Gasteiger partial charge in [0.25, 0.3) is 0 Å². The van der Waals surface area contributed by atoms with Gasteiger partial charge in [0.15, 0.2) is 4.77 Å². The lowest BCUT2D eigenvalue weighted by atomic mass is 9.85. The predicted octanol–water partition coefficient (Wildman–Crippen LogP) is 5.14. The first-order valence-corrected chi connectivity index (χ1v) is 7.75. The highest BCUT2D eigenvalue weighted by atomic mass is 32.1. The van der Waals surface area contributed by atoms with Crippen molar-refractivity contribution in [3.05, 3.63) is 41.3 Å². The molecule has 2 nitrogen and oxygen atoms in total. The molecule has 0 atom stereocenters. The summed E-state index contributed by atoms with van der Waals surface area (Å²) in [5.41, 5.74) is 2.40. The van der Waals surface area contributed by atoms with Gasteiger partial charge in [0.1, 0.15) is 0 Å². The van der Waals surface area contributed by atoms with Crippen LogP contribution in [0, 0.1) is 22.5 Å². The molecule has 0 spiro atoms. The average molecular weight is 288 g/mol. The Labute approximate surface area is 126 Å². The highest BCUT2D eigenvalue weighted by Gasteiger charge is 2.20. The molecule has 1 N–H and O–H groups in total. The number of hydrogen-bond donors (Lipinski definition) is 1. The molecule has 0 fully saturated rings. The van der Waals surface area contributed by atoms with E-state index >= 15 is 0 Å². The van der Waals surface area contributed by atoms with Crippen molar-refractivity contribution >= 4 is 12.2 Å². The first-order chi connectivity index (χ1) is 9.50. The molecule has 1 heterocycles. The molecule has 3 heteroatoms. The van der Waals surface area contributed by atoms with Crippen molar-refractivity contribution in [2.24, 2.45) is 17.8 Å². The highest BCUT2D eigenvalue weighted by molar-refractivity contribution is 7.71. The van der Waals surface area contributed by atoms with Crippen LogP contribution in [-0.4, -0.2) is 9.55 Å². The van der Waals surface area contributed by atoms with Crippen LogP contribution in [0.4, 0.5) is 0 Å². The van der Waals surface area contributed by atoms with Gasteiger partial charge in [-0.3, -0.25) is 0 Å². The molecule has 0 saturated carbocycles. The maximum Gasteiger partial charge on any atom is 0.177 e. The molecule has 0 amide bonds. The lowest BCUT2D eigenvalue weighted by molar-refractivity contribution is 0.252. The Morgan fingerprint density at radius 1 is 1.05 bits per heavy atom. The number of imidazole rings is 1. The van der Waals surface area contributed by atoms with Gasteiger partial charge >= 0.3 is 0 Å². The summed E-state index contributed by atoms with van der Waals surface area (Å²) in [5.74, 6) is 1.92. The van der Waals surface area contributed by atoms with Crippen LogP contribution < -0.4 is 0 Å². The van der Waals surface area contributed by atoms with Gasteiger partial charge in [-0.05, 0) is 35.5 Å². The van der Waals surface area contributed by atoms with E-state index in [2.05, 4.69) is 61.5 Å². The molecule has 0 radical (unpaired) electrons. The number of nitrogens with zero attached hydrogens (tertiary/aromatic N) is 1. The molecule has 2 rings (SSSR count). The SMILES string of the molecule is CC(C)C(Cn1c(-c2ccccc2)c[nH]c1=S)C(C)C. The summed E-state index contributed by atoms with van der Waals surface area (Å²) in [4.78, 5) is 3.20. The molecular weight excluding hydrogens is 264 g/mol. The number of H-pyrrole nitrogens is 1. The van der Waals surface area contributed by atoms with Crippen LogP contribution in [0.1, 0.15) is 27.7 Å². The molecular formula is C17H24N2S. The second-order valence-corrected chi connectivity index (χ2v) is 6.49. The Hall–Kier alpha value is -1.35. The Morgan fingerprint density at radius 3 is 2.20 bits per heavy atom. The molecule has 108 valence electrons. The maximum absolute atomic E-state index is 5.47. The van der Waals surface area contributed by atoms with E-state index in [0.29, 0.717) is 17.8 Å². The molecule has 2 aromatic rings. The van der Waals surface area contributed by atoms with E-state index in [1.165, 1.54) is 11.3 Å². The summed E-state index contributed by atoms with van der Waals surface area (Å²) in [5, 5.41) is 0. The molecule has 1 aromatic heterocycles. The highest BCUT2D eigenvalue weighted by Crippen LogP contribution is 2.26. The van der Waals surface area contributed by atoms with Crippen molar-refractivity contribution in [1.29, 1.82) is 0 Å². The fraction of sp³-hybridized carbons (Fsp3) is 0.471. The van der Waals surface area contributed by atoms with Gasteiger partial charge in [-0.2, -0.15) is 0 Å². The van der Waals surface area contributed by atoms with Crippen molar-refractivity contribution in [1.82, 2.24) is 9.55 Å². The van der Waals surface area contributed by atoms with E-state index in [1.54, 1.807) is 0 Å². The van der Waals surface area contributed by atoms with Crippen LogP contribution in [0.15, 0.2) is 36.5 Å². The zero-order valence-electron chi connectivity index (χ0n) is 12.8. The third-order valence-electron chi connectivity index (χ3n) is 4.04. The number of hydrogen-bond acceptors (Lipinski definition) is 1. The molecule has 20 heavy (non-hydrogen) atoms. The Bertz CT molecular complexity index is 585. The monoisotopic (exact) mass is 288 g/mol. The molecule has 0 unspecified atom stereocenters. The van der Waals surface area contributed by atoms with E-state index in [9.17, 15) is 0 Å². The van der Waals surface area contributed by atoms with E-state index in [-0.39, 0.29) is 0 Å². The number of aromatic amines is 1. The molecule has 0 bridgehead atoms. The third kappa shape index (κ3) is 3.21. The fourth-order valence-electron chi connectivity index (χ4n) is 2.83. The van der Waals surface area contributed by atoms with E-state index in [4.69, 9.17) is 12.2 Å². The van der Waals surface area contributed by atoms with Crippen LogP contribution >= 0.6 is 12.2 Å². The van der Waals surface area contributed by atoms with Gasteiger partial charge in [0.05, 0.1) is 5.69 Å². The summed E-state index contributed by atoms with van der Waals surface area (Å²) in [7, 11) is 0. The van der Waals surface area contributed by atoms with Crippen molar-refractivity contribution < 1.29 is 0 Å². The van der Waals surface area contributed by atoms with E-state index < -0.39 is 0 Å². The maximum atomic E-state index is 5.47. The molecule has 1 aromatic carbocycles. The van der Waals surface area contributed by atoms with Gasteiger partial charge in [-0.15, -0.1) is 0 Å². The van der Waals surface area contributed by atoms with Crippen molar-refractivity contribution in [2.45, 2.75) is 34.2 Å². The van der Waals surface area contributed by atoms with Gasteiger partial charge in [-0.25, -0.2) is 0 Å². The minimum atomic E-state index is 0.625. The van der Waals surface area contributed by atoms with Crippen molar-refractivity contribution in [3.8, 4) is 11.3 Å². The van der Waals surface area contributed by atoms with E-state index in [0.717, 1.165) is 11.3 Å². The fourth-order valence-corrected chi connectivity index (χ4v) is 3.06. The summed E-state index contributed by atoms with van der Waals surface area (Å²) in [6, 6.07) is 10.4. The summed E-state index contributed by atoms with van der Waals surface area (Å²) < 4.78 is 3.06. The van der Waals surface area contributed by atoms with Crippen molar-refractivity contribution in [2.75, 3.05) is 0 Å². The number of nitrogens with one attached hydrogen (secondary N) is 1. The largest absolute Gasteiger partial charge is 0.337 e. The second kappa shape index (κ2) is 6.40. The lowest BCUT2D eigenvalue weighted by Crippen LogP contribution is -2.22. The number of rotatable bonds is 5. The summed E-state index contributed by atoms with van der Waals surface area (Å²) >= 11 is 5.47. The molecule has 0 aliphatic rings. The first kappa shape index (κ1) is 15.0. The van der Waals surface area contributed by atoms with Gasteiger partial charge in [-0.1, -0.05) is 58.0 Å². The van der Waals surface area contributed by atoms with Crippen LogP contribution in [-0.2, 0) is 6.54 Å². The number of aromatic nitrogens is 2. The average Bonchev–Trinajstić information content (AvgIpc) is 2.77. The predicted molar refractivity (Wildman–Crippen MR) is 88.2 cm³/mol. The zero-order valence-corrected chi connectivity index (χ0v) is 13.6. The summed E-state index contributed by atoms with van der Waals surface area (Å²) in [6.45, 7) is 10.2. The van der Waals surface area contributed by atoms with Gasteiger partial charge in [0, 0.05) is 12.7 Å². The quantitative estimate of drug-likeness (QED) is 0.755. The smallest absolute Gasteiger partial charge is 0.177 e. The lowest BCUT2D eigenvalue weighted by Gasteiger charge is -2.26. The van der Waals surface area contributed by atoms with Crippen LogP contribution in [0.2, 0.25) is 0 Å². The van der Waals surface area contributed by atoms with Crippen LogP contribution in [0.25, 0.3) is 11.3 Å². The van der Waals surface area contributed by atoms with Crippen LogP contribution in [0.5, 0.6) is 0 Å². The molecule has 0 aliphatic heterocycles. The Kier molecular flexibility index (Phi) is 4.81. The van der Waals surface area contributed by atoms with Gasteiger partial charge < -0.3 is 9.55 Å². The second-order valence-electron chi connectivity index (χ2n) is 6.11. The summed E-state index contributed by atoms with van der Waals surface area (Å²) in [6.07, 6.45) is 2.02. The Morgan fingerprint density at radius 2 is 1.65 bits per heavy atom. The first-order valence-electron chi connectivity index (χ1n) is 7.34. The molecule has 0 aliphatic carbocycles. The number of benzene rings is 1. The standard InChI is InChI=1S/C17H24N2S/c1-12(2)15(13(3)4)11-19-16(10-18-17(19)20)14-8-6-5-7-9-14/h5-10,12-13,15H,11H2,1-4H3,(H,18,20). The topological polar surface area (TPSA) is 20.7 Å². The normalized spacial score (nSPS) is 11.8. The Balaban J connectivity index is 2.38. The van der Waals surface area contributed by atoms with E-state index in [1.807, 2.05) is 12.3 Å².